The number of hydrogen-bond acceptors (Lipinski definition) is 2. The topological polar surface area (TPSA) is 23.6 Å². The molecule has 1 aromatic rings. The molecule has 1 amide bonds. The standard InChI is InChI=1S/C17H25ClN2O/c1-14(20-11-5-6-12-20)9-10-17(21)19(2)13-15-7-3-4-8-16(15)18/h3-4,7-8,14H,5-6,9-13H2,1-2H3/t14-/m0/s1. The van der Waals surface area contributed by atoms with Crippen LogP contribution in [0.5, 0.6) is 0 Å². The fourth-order valence-corrected chi connectivity index (χ4v) is 3.05. The summed E-state index contributed by atoms with van der Waals surface area (Å²) >= 11 is 6.14. The van der Waals surface area contributed by atoms with Gasteiger partial charge in [-0.05, 0) is 50.9 Å². The van der Waals surface area contributed by atoms with Gasteiger partial charge >= 0.3 is 0 Å². The van der Waals surface area contributed by atoms with Gasteiger partial charge in [0.2, 0.25) is 5.91 Å². The molecule has 4 heteroatoms. The van der Waals surface area contributed by atoms with Crippen molar-refractivity contribution in [1.82, 2.24) is 9.80 Å². The highest BCUT2D eigenvalue weighted by Crippen LogP contribution is 2.18. The molecular formula is C17H25ClN2O. The summed E-state index contributed by atoms with van der Waals surface area (Å²) in [5.41, 5.74) is 1.00. The Morgan fingerprint density at radius 3 is 2.67 bits per heavy atom. The molecule has 0 aliphatic carbocycles. The maximum Gasteiger partial charge on any atom is 0.222 e. The van der Waals surface area contributed by atoms with E-state index in [1.165, 1.54) is 25.9 Å². The molecule has 0 spiro atoms. The van der Waals surface area contributed by atoms with Crippen LogP contribution in [0.3, 0.4) is 0 Å². The van der Waals surface area contributed by atoms with Gasteiger partial charge in [0, 0.05) is 31.1 Å². The first-order valence-electron chi connectivity index (χ1n) is 7.79. The van der Waals surface area contributed by atoms with Crippen molar-refractivity contribution in [2.24, 2.45) is 0 Å². The van der Waals surface area contributed by atoms with Crippen LogP contribution in [0.2, 0.25) is 5.02 Å². The average Bonchev–Trinajstić information content (AvgIpc) is 3.01. The van der Waals surface area contributed by atoms with E-state index in [1.54, 1.807) is 4.90 Å². The predicted octanol–water partition coefficient (Wildman–Crippen LogP) is 3.56. The summed E-state index contributed by atoms with van der Waals surface area (Å²) in [4.78, 5) is 16.5. The number of likely N-dealkylation sites (tertiary alicyclic amines) is 1. The lowest BCUT2D eigenvalue weighted by Gasteiger charge is -2.24. The van der Waals surface area contributed by atoms with Gasteiger partial charge in [-0.3, -0.25) is 4.79 Å². The van der Waals surface area contributed by atoms with Crippen molar-refractivity contribution in [3.8, 4) is 0 Å². The Bertz CT molecular complexity index is 472. The average molecular weight is 309 g/mol. The Morgan fingerprint density at radius 2 is 2.00 bits per heavy atom. The number of hydrogen-bond donors (Lipinski definition) is 0. The Hall–Kier alpha value is -1.06. The highest BCUT2D eigenvalue weighted by atomic mass is 35.5. The Balaban J connectivity index is 1.78. The minimum atomic E-state index is 0.195. The predicted molar refractivity (Wildman–Crippen MR) is 87.4 cm³/mol. The van der Waals surface area contributed by atoms with Gasteiger partial charge in [0.25, 0.3) is 0 Å². The lowest BCUT2D eigenvalue weighted by Crippen LogP contribution is -2.32. The molecule has 1 aliphatic rings. The number of carbonyl (C=O) groups is 1. The van der Waals surface area contributed by atoms with E-state index in [2.05, 4.69) is 11.8 Å². The van der Waals surface area contributed by atoms with Crippen molar-refractivity contribution < 1.29 is 4.79 Å². The number of amides is 1. The molecule has 21 heavy (non-hydrogen) atoms. The van der Waals surface area contributed by atoms with Crippen LogP contribution in [0.1, 0.15) is 38.2 Å². The van der Waals surface area contributed by atoms with Gasteiger partial charge in [0.1, 0.15) is 0 Å². The molecule has 0 bridgehead atoms. The summed E-state index contributed by atoms with van der Waals surface area (Å²) in [6.07, 6.45) is 4.14. The second-order valence-corrected chi connectivity index (χ2v) is 6.38. The molecule has 1 fully saturated rings. The molecule has 1 atom stereocenters. The van der Waals surface area contributed by atoms with Gasteiger partial charge in [-0.1, -0.05) is 29.8 Å². The summed E-state index contributed by atoms with van der Waals surface area (Å²) in [5.74, 6) is 0.195. The van der Waals surface area contributed by atoms with E-state index in [0.717, 1.165) is 17.0 Å². The fourth-order valence-electron chi connectivity index (χ4n) is 2.86. The summed E-state index contributed by atoms with van der Waals surface area (Å²) in [6.45, 7) is 5.18. The molecule has 116 valence electrons. The van der Waals surface area contributed by atoms with Crippen LogP contribution >= 0.6 is 11.6 Å². The van der Waals surface area contributed by atoms with Gasteiger partial charge in [-0.2, -0.15) is 0 Å². The first-order valence-corrected chi connectivity index (χ1v) is 8.17. The smallest absolute Gasteiger partial charge is 0.222 e. The zero-order chi connectivity index (χ0) is 15.2. The van der Waals surface area contributed by atoms with E-state index in [0.29, 0.717) is 19.0 Å². The molecule has 0 aromatic heterocycles. The SMILES string of the molecule is C[C@@H](CCC(=O)N(C)Cc1ccccc1Cl)N1CCCC1. The molecular weight excluding hydrogens is 284 g/mol. The lowest BCUT2D eigenvalue weighted by molar-refractivity contribution is -0.130. The maximum absolute atomic E-state index is 12.2. The van der Waals surface area contributed by atoms with Crippen molar-refractivity contribution in [3.05, 3.63) is 34.9 Å². The van der Waals surface area contributed by atoms with Crippen LogP contribution in [0.4, 0.5) is 0 Å². The van der Waals surface area contributed by atoms with E-state index < -0.39 is 0 Å². The molecule has 0 radical (unpaired) electrons. The van der Waals surface area contributed by atoms with Crippen molar-refractivity contribution in [3.63, 3.8) is 0 Å². The Kier molecular flexibility index (Phi) is 6.07. The highest BCUT2D eigenvalue weighted by Gasteiger charge is 2.19. The molecule has 0 unspecified atom stereocenters. The lowest BCUT2D eigenvalue weighted by atomic mass is 10.1. The van der Waals surface area contributed by atoms with E-state index in [-0.39, 0.29) is 5.91 Å². The monoisotopic (exact) mass is 308 g/mol. The second kappa shape index (κ2) is 7.81. The van der Waals surface area contributed by atoms with Crippen molar-refractivity contribution in [2.45, 2.75) is 45.2 Å². The van der Waals surface area contributed by atoms with Crippen molar-refractivity contribution in [1.29, 1.82) is 0 Å². The Morgan fingerprint density at radius 1 is 1.33 bits per heavy atom. The molecule has 3 nitrogen and oxygen atoms in total. The largest absolute Gasteiger partial charge is 0.341 e. The number of halogens is 1. The zero-order valence-electron chi connectivity index (χ0n) is 13.0. The van der Waals surface area contributed by atoms with Gasteiger partial charge < -0.3 is 9.80 Å². The first-order chi connectivity index (χ1) is 10.1. The van der Waals surface area contributed by atoms with Crippen LogP contribution in [0.15, 0.2) is 24.3 Å². The number of carbonyl (C=O) groups excluding carboxylic acids is 1. The van der Waals surface area contributed by atoms with E-state index in [1.807, 2.05) is 31.3 Å². The number of benzene rings is 1. The van der Waals surface area contributed by atoms with Crippen molar-refractivity contribution >= 4 is 17.5 Å². The van der Waals surface area contributed by atoms with Crippen molar-refractivity contribution in [2.75, 3.05) is 20.1 Å². The van der Waals surface area contributed by atoms with Crippen LogP contribution in [0.25, 0.3) is 0 Å². The number of rotatable bonds is 6. The molecule has 1 heterocycles. The molecule has 1 aliphatic heterocycles. The van der Waals surface area contributed by atoms with Crippen LogP contribution in [-0.2, 0) is 11.3 Å². The fraction of sp³-hybridized carbons (Fsp3) is 0.588. The second-order valence-electron chi connectivity index (χ2n) is 5.97. The number of nitrogens with zero attached hydrogens (tertiary/aromatic N) is 2. The van der Waals surface area contributed by atoms with Crippen LogP contribution in [-0.4, -0.2) is 41.9 Å². The van der Waals surface area contributed by atoms with E-state index in [9.17, 15) is 4.79 Å². The third-order valence-corrected chi connectivity index (χ3v) is 4.70. The molecule has 1 aromatic carbocycles. The molecule has 1 saturated heterocycles. The maximum atomic E-state index is 12.2. The summed E-state index contributed by atoms with van der Waals surface area (Å²) in [7, 11) is 1.85. The molecule has 2 rings (SSSR count). The van der Waals surface area contributed by atoms with E-state index in [4.69, 9.17) is 11.6 Å². The first kappa shape index (κ1) is 16.3. The van der Waals surface area contributed by atoms with Crippen LogP contribution < -0.4 is 0 Å². The molecule has 0 saturated carbocycles. The minimum absolute atomic E-state index is 0.195. The third-order valence-electron chi connectivity index (χ3n) is 4.33. The zero-order valence-corrected chi connectivity index (χ0v) is 13.8. The summed E-state index contributed by atoms with van der Waals surface area (Å²) < 4.78 is 0. The van der Waals surface area contributed by atoms with Crippen LogP contribution in [0, 0.1) is 0 Å². The third kappa shape index (κ3) is 4.72. The summed E-state index contributed by atoms with van der Waals surface area (Å²) in [6, 6.07) is 8.20. The minimum Gasteiger partial charge on any atom is -0.341 e. The van der Waals surface area contributed by atoms with E-state index >= 15 is 0 Å². The highest BCUT2D eigenvalue weighted by molar-refractivity contribution is 6.31. The van der Waals surface area contributed by atoms with Gasteiger partial charge in [0.15, 0.2) is 0 Å². The van der Waals surface area contributed by atoms with Gasteiger partial charge in [-0.15, -0.1) is 0 Å². The van der Waals surface area contributed by atoms with Gasteiger partial charge in [-0.25, -0.2) is 0 Å². The summed E-state index contributed by atoms with van der Waals surface area (Å²) in [5, 5.41) is 0.725. The normalized spacial score (nSPS) is 16.9. The quantitative estimate of drug-likeness (QED) is 0.802. The molecule has 0 N–H and O–H groups in total. The Labute approximate surface area is 132 Å². The van der Waals surface area contributed by atoms with Gasteiger partial charge in [0.05, 0.1) is 0 Å².